The molecule has 3 aromatic carbocycles. The van der Waals surface area contributed by atoms with Crippen LogP contribution in [0.4, 0.5) is 5.69 Å². The zero-order valence-corrected chi connectivity index (χ0v) is 16.5. The number of nitrogens with one attached hydrogen (secondary N) is 1. The molecule has 0 atom stereocenters. The number of amides is 1. The summed E-state index contributed by atoms with van der Waals surface area (Å²) in [7, 11) is -3.58. The number of carbonyl (C=O) groups excluding carboxylic acids is 1. The number of rotatable bonds is 4. The maximum atomic E-state index is 13.0. The Morgan fingerprint density at radius 2 is 1.68 bits per heavy atom. The molecule has 1 aliphatic rings. The second kappa shape index (κ2) is 7.37. The van der Waals surface area contributed by atoms with Crippen molar-refractivity contribution in [3.05, 3.63) is 71.8 Å². The van der Waals surface area contributed by atoms with Gasteiger partial charge in [-0.25, -0.2) is 8.42 Å². The minimum Gasteiger partial charge on any atom is -0.321 e. The molecule has 6 heteroatoms. The van der Waals surface area contributed by atoms with E-state index in [0.717, 1.165) is 23.6 Å². The van der Waals surface area contributed by atoms with Crippen LogP contribution in [0, 0.1) is 6.92 Å². The monoisotopic (exact) mass is 394 g/mol. The van der Waals surface area contributed by atoms with Crippen LogP contribution in [0.1, 0.15) is 28.8 Å². The third kappa shape index (κ3) is 3.41. The first-order valence-corrected chi connectivity index (χ1v) is 10.8. The molecule has 0 unspecified atom stereocenters. The van der Waals surface area contributed by atoms with E-state index in [1.165, 1.54) is 10.4 Å². The summed E-state index contributed by atoms with van der Waals surface area (Å²) >= 11 is 0. The normalized spacial score (nSPS) is 15.0. The highest BCUT2D eigenvalue weighted by atomic mass is 32.2. The van der Waals surface area contributed by atoms with Crippen molar-refractivity contribution in [3.63, 3.8) is 0 Å². The van der Waals surface area contributed by atoms with Crippen molar-refractivity contribution in [2.75, 3.05) is 18.4 Å². The first kappa shape index (κ1) is 18.7. The van der Waals surface area contributed by atoms with Gasteiger partial charge in [0.1, 0.15) is 0 Å². The fraction of sp³-hybridized carbons (Fsp3) is 0.227. The van der Waals surface area contributed by atoms with Gasteiger partial charge in [0.05, 0.1) is 4.90 Å². The van der Waals surface area contributed by atoms with Gasteiger partial charge >= 0.3 is 0 Å². The van der Waals surface area contributed by atoms with Gasteiger partial charge in [-0.15, -0.1) is 0 Å². The number of hydrogen-bond acceptors (Lipinski definition) is 3. The summed E-state index contributed by atoms with van der Waals surface area (Å²) in [5.74, 6) is -0.325. The van der Waals surface area contributed by atoms with Crippen LogP contribution in [0.15, 0.2) is 65.6 Å². The van der Waals surface area contributed by atoms with E-state index in [1.54, 1.807) is 19.1 Å². The average molecular weight is 394 g/mol. The van der Waals surface area contributed by atoms with E-state index in [1.807, 2.05) is 42.5 Å². The molecule has 1 aliphatic heterocycles. The summed E-state index contributed by atoms with van der Waals surface area (Å²) in [5, 5.41) is 4.89. The lowest BCUT2D eigenvalue weighted by molar-refractivity contribution is 0.102. The van der Waals surface area contributed by atoms with Crippen molar-refractivity contribution < 1.29 is 13.2 Å². The van der Waals surface area contributed by atoms with Crippen LogP contribution in [0.2, 0.25) is 0 Å². The lowest BCUT2D eigenvalue weighted by Gasteiger charge is -2.18. The molecule has 1 fully saturated rings. The smallest absolute Gasteiger partial charge is 0.255 e. The van der Waals surface area contributed by atoms with Crippen molar-refractivity contribution in [1.82, 2.24) is 4.31 Å². The summed E-state index contributed by atoms with van der Waals surface area (Å²) in [4.78, 5) is 13.1. The zero-order valence-electron chi connectivity index (χ0n) is 15.7. The maximum absolute atomic E-state index is 13.0. The number of benzene rings is 3. The predicted octanol–water partition coefficient (Wildman–Crippen LogP) is 4.19. The molecule has 3 aromatic rings. The second-order valence-corrected chi connectivity index (χ2v) is 8.98. The van der Waals surface area contributed by atoms with Gasteiger partial charge < -0.3 is 5.32 Å². The number of carbonyl (C=O) groups is 1. The highest BCUT2D eigenvalue weighted by Gasteiger charge is 2.29. The van der Waals surface area contributed by atoms with E-state index in [-0.39, 0.29) is 10.8 Å². The molecule has 0 bridgehead atoms. The van der Waals surface area contributed by atoms with Crippen LogP contribution in [-0.4, -0.2) is 31.7 Å². The fourth-order valence-electron chi connectivity index (χ4n) is 3.62. The second-order valence-electron chi connectivity index (χ2n) is 7.07. The van der Waals surface area contributed by atoms with Gasteiger partial charge in [-0.05, 0) is 48.9 Å². The summed E-state index contributed by atoms with van der Waals surface area (Å²) in [6.07, 6.45) is 1.75. The number of fused-ring (bicyclic) bond motifs is 1. The van der Waals surface area contributed by atoms with E-state index in [9.17, 15) is 13.2 Å². The molecular formula is C22H22N2O3S. The van der Waals surface area contributed by atoms with Crippen molar-refractivity contribution in [2.24, 2.45) is 0 Å². The third-order valence-electron chi connectivity index (χ3n) is 5.17. The van der Waals surface area contributed by atoms with Crippen LogP contribution < -0.4 is 5.32 Å². The van der Waals surface area contributed by atoms with Gasteiger partial charge in [-0.1, -0.05) is 42.5 Å². The van der Waals surface area contributed by atoms with Crippen LogP contribution in [0.3, 0.4) is 0 Å². The number of sulfonamides is 1. The first-order valence-electron chi connectivity index (χ1n) is 9.37. The van der Waals surface area contributed by atoms with Crippen molar-refractivity contribution >= 4 is 32.4 Å². The molecule has 0 radical (unpaired) electrons. The predicted molar refractivity (Wildman–Crippen MR) is 111 cm³/mol. The largest absolute Gasteiger partial charge is 0.321 e. The molecule has 0 aromatic heterocycles. The molecule has 144 valence electrons. The third-order valence-corrected chi connectivity index (χ3v) is 7.21. The molecule has 1 N–H and O–H groups in total. The molecule has 0 aliphatic carbocycles. The quantitative estimate of drug-likeness (QED) is 0.722. The van der Waals surface area contributed by atoms with Crippen molar-refractivity contribution in [2.45, 2.75) is 24.7 Å². The molecule has 28 heavy (non-hydrogen) atoms. The SMILES string of the molecule is Cc1ccc(C(=O)Nc2cccc3ccccc23)cc1S(=O)(=O)N1CCCC1. The molecule has 1 saturated heterocycles. The zero-order chi connectivity index (χ0) is 19.7. The topological polar surface area (TPSA) is 66.5 Å². The fourth-order valence-corrected chi connectivity index (χ4v) is 5.38. The highest BCUT2D eigenvalue weighted by molar-refractivity contribution is 7.89. The first-order chi connectivity index (χ1) is 13.5. The molecule has 0 spiro atoms. The van der Waals surface area contributed by atoms with Gasteiger partial charge in [0.15, 0.2) is 0 Å². The molecule has 5 nitrogen and oxygen atoms in total. The minimum absolute atomic E-state index is 0.208. The Bertz CT molecular complexity index is 1140. The summed E-state index contributed by atoms with van der Waals surface area (Å²) in [5.41, 5.74) is 1.68. The van der Waals surface area contributed by atoms with Crippen molar-refractivity contribution in [3.8, 4) is 0 Å². The average Bonchev–Trinajstić information content (AvgIpc) is 3.24. The molecule has 0 saturated carbocycles. The van der Waals surface area contributed by atoms with Gasteiger partial charge in [-0.2, -0.15) is 4.31 Å². The Morgan fingerprint density at radius 1 is 0.964 bits per heavy atom. The number of nitrogens with zero attached hydrogens (tertiary/aromatic N) is 1. The lowest BCUT2D eigenvalue weighted by atomic mass is 10.1. The van der Waals surface area contributed by atoms with Gasteiger partial charge in [0, 0.05) is 29.7 Å². The summed E-state index contributed by atoms with van der Waals surface area (Å²) in [6, 6.07) is 18.4. The van der Waals surface area contributed by atoms with E-state index < -0.39 is 10.0 Å². The van der Waals surface area contributed by atoms with E-state index in [0.29, 0.717) is 29.9 Å². The molecular weight excluding hydrogens is 372 g/mol. The van der Waals surface area contributed by atoms with Crippen molar-refractivity contribution in [1.29, 1.82) is 0 Å². The number of aryl methyl sites for hydroxylation is 1. The standard InChI is InChI=1S/C22H22N2O3S/c1-16-11-12-18(15-21(16)28(26,27)24-13-4-5-14-24)22(25)23-20-10-6-8-17-7-2-3-9-19(17)20/h2-3,6-12,15H,4-5,13-14H2,1H3,(H,23,25). The molecule has 1 heterocycles. The number of anilines is 1. The Balaban J connectivity index is 1.67. The van der Waals surface area contributed by atoms with Gasteiger partial charge in [0.25, 0.3) is 5.91 Å². The Morgan fingerprint density at radius 3 is 2.46 bits per heavy atom. The van der Waals surface area contributed by atoms with Crippen LogP contribution >= 0.6 is 0 Å². The highest BCUT2D eigenvalue weighted by Crippen LogP contribution is 2.26. The Kier molecular flexibility index (Phi) is 4.91. The molecule has 1 amide bonds. The summed E-state index contributed by atoms with van der Waals surface area (Å²) in [6.45, 7) is 2.83. The van der Waals surface area contributed by atoms with E-state index >= 15 is 0 Å². The van der Waals surface area contributed by atoms with Gasteiger partial charge in [-0.3, -0.25) is 4.79 Å². The molecule has 4 rings (SSSR count). The maximum Gasteiger partial charge on any atom is 0.255 e. The Labute approximate surface area is 165 Å². The van der Waals surface area contributed by atoms with E-state index in [4.69, 9.17) is 0 Å². The van der Waals surface area contributed by atoms with Crippen LogP contribution in [0.25, 0.3) is 10.8 Å². The lowest BCUT2D eigenvalue weighted by Crippen LogP contribution is -2.28. The number of hydrogen-bond donors (Lipinski definition) is 1. The van der Waals surface area contributed by atoms with E-state index in [2.05, 4.69) is 5.32 Å². The Hall–Kier alpha value is -2.70. The van der Waals surface area contributed by atoms with Crippen LogP contribution in [0.5, 0.6) is 0 Å². The minimum atomic E-state index is -3.58. The van der Waals surface area contributed by atoms with Gasteiger partial charge in [0.2, 0.25) is 10.0 Å². The summed E-state index contributed by atoms with van der Waals surface area (Å²) < 4.78 is 27.4. The van der Waals surface area contributed by atoms with Crippen LogP contribution in [-0.2, 0) is 10.0 Å².